The molecule has 0 saturated carbocycles. The van der Waals surface area contributed by atoms with Crippen molar-refractivity contribution in [1.82, 2.24) is 5.32 Å². The number of para-hydroxylation sites is 1. The van der Waals surface area contributed by atoms with E-state index >= 15 is 0 Å². The standard InChI is InChI=1S/C12H13NO4/c1-7(14)9-10(13-11(9)15)12(16)17-8-5-3-2-4-6-8/h2-7,9-10,14H,1H3,(H,13,15)/t7-,9-,10+/m1/s1. The van der Waals surface area contributed by atoms with Gasteiger partial charge in [-0.05, 0) is 19.1 Å². The maximum absolute atomic E-state index is 11.7. The number of hydrogen-bond donors (Lipinski definition) is 2. The van der Waals surface area contributed by atoms with Crippen molar-refractivity contribution in [1.29, 1.82) is 0 Å². The monoisotopic (exact) mass is 235 g/mol. The Balaban J connectivity index is 2.00. The van der Waals surface area contributed by atoms with Gasteiger partial charge in [-0.25, -0.2) is 4.79 Å². The number of benzene rings is 1. The van der Waals surface area contributed by atoms with Crippen LogP contribution in [0.4, 0.5) is 0 Å². The first-order valence-electron chi connectivity index (χ1n) is 5.35. The molecule has 3 atom stereocenters. The van der Waals surface area contributed by atoms with Crippen molar-refractivity contribution >= 4 is 11.9 Å². The quantitative estimate of drug-likeness (QED) is 0.442. The summed E-state index contributed by atoms with van der Waals surface area (Å²) in [6.45, 7) is 1.48. The van der Waals surface area contributed by atoms with Crippen molar-refractivity contribution in [2.45, 2.75) is 19.1 Å². The van der Waals surface area contributed by atoms with Gasteiger partial charge in [-0.15, -0.1) is 0 Å². The third kappa shape index (κ3) is 2.29. The molecule has 1 aromatic carbocycles. The van der Waals surface area contributed by atoms with Gasteiger partial charge in [-0.1, -0.05) is 18.2 Å². The molecule has 5 nitrogen and oxygen atoms in total. The van der Waals surface area contributed by atoms with Gasteiger partial charge in [-0.2, -0.15) is 0 Å². The fraction of sp³-hybridized carbons (Fsp3) is 0.333. The van der Waals surface area contributed by atoms with E-state index < -0.39 is 24.0 Å². The van der Waals surface area contributed by atoms with Gasteiger partial charge in [0.05, 0.1) is 12.0 Å². The molecule has 0 aliphatic carbocycles. The first-order chi connectivity index (χ1) is 8.09. The number of aliphatic hydroxyl groups is 1. The lowest BCUT2D eigenvalue weighted by molar-refractivity contribution is -0.155. The summed E-state index contributed by atoms with van der Waals surface area (Å²) in [5, 5.41) is 11.8. The molecule has 2 rings (SSSR count). The minimum atomic E-state index is -0.864. The zero-order valence-corrected chi connectivity index (χ0v) is 9.29. The van der Waals surface area contributed by atoms with Crippen molar-refractivity contribution in [2.75, 3.05) is 0 Å². The molecule has 90 valence electrons. The van der Waals surface area contributed by atoms with Crippen LogP contribution in [-0.2, 0) is 9.59 Å². The minimum absolute atomic E-state index is 0.324. The Hall–Kier alpha value is -1.88. The third-order valence-electron chi connectivity index (χ3n) is 2.69. The third-order valence-corrected chi connectivity index (χ3v) is 2.69. The lowest BCUT2D eigenvalue weighted by Gasteiger charge is -2.36. The van der Waals surface area contributed by atoms with Gasteiger partial charge >= 0.3 is 5.97 Å². The molecule has 0 aromatic heterocycles. The van der Waals surface area contributed by atoms with Gasteiger partial charge in [0.1, 0.15) is 11.8 Å². The molecule has 17 heavy (non-hydrogen) atoms. The molecule has 0 unspecified atom stereocenters. The fourth-order valence-corrected chi connectivity index (χ4v) is 1.77. The van der Waals surface area contributed by atoms with Crippen LogP contribution in [0.25, 0.3) is 0 Å². The normalized spacial score (nSPS) is 24.5. The van der Waals surface area contributed by atoms with E-state index in [4.69, 9.17) is 4.74 Å². The Labute approximate surface area is 98.4 Å². The van der Waals surface area contributed by atoms with Gasteiger partial charge in [0.15, 0.2) is 0 Å². The number of carbonyl (C=O) groups is 2. The molecule has 1 heterocycles. The number of ether oxygens (including phenoxy) is 1. The first kappa shape index (κ1) is 11.6. The summed E-state index contributed by atoms with van der Waals surface area (Å²) >= 11 is 0. The van der Waals surface area contributed by atoms with Gasteiger partial charge < -0.3 is 15.2 Å². The smallest absolute Gasteiger partial charge is 0.334 e. The minimum Gasteiger partial charge on any atom is -0.425 e. The van der Waals surface area contributed by atoms with E-state index in [1.165, 1.54) is 6.92 Å². The second kappa shape index (κ2) is 4.55. The molecule has 1 fully saturated rings. The van der Waals surface area contributed by atoms with Crippen LogP contribution in [0, 0.1) is 5.92 Å². The van der Waals surface area contributed by atoms with Gasteiger partial charge in [0.2, 0.25) is 5.91 Å². The molecule has 0 radical (unpaired) electrons. The molecule has 5 heteroatoms. The fourth-order valence-electron chi connectivity index (χ4n) is 1.77. The number of amides is 1. The predicted octanol–water partition coefficient (Wildman–Crippen LogP) is 0.0874. The second-order valence-corrected chi connectivity index (χ2v) is 3.99. The Kier molecular flexibility index (Phi) is 3.10. The van der Waals surface area contributed by atoms with Crippen LogP contribution in [0.2, 0.25) is 0 Å². The van der Waals surface area contributed by atoms with Crippen LogP contribution in [0.3, 0.4) is 0 Å². The highest BCUT2D eigenvalue weighted by atomic mass is 16.5. The van der Waals surface area contributed by atoms with Crippen LogP contribution in [0.15, 0.2) is 30.3 Å². The summed E-state index contributed by atoms with van der Waals surface area (Å²) in [7, 11) is 0. The van der Waals surface area contributed by atoms with Crippen LogP contribution >= 0.6 is 0 Å². The first-order valence-corrected chi connectivity index (χ1v) is 5.35. The van der Waals surface area contributed by atoms with E-state index in [2.05, 4.69) is 5.32 Å². The number of nitrogens with one attached hydrogen (secondary N) is 1. The molecule has 2 N–H and O–H groups in total. The molecular weight excluding hydrogens is 222 g/mol. The van der Waals surface area contributed by atoms with E-state index in [1.807, 2.05) is 0 Å². The van der Waals surface area contributed by atoms with E-state index in [0.29, 0.717) is 5.75 Å². The van der Waals surface area contributed by atoms with Crippen molar-refractivity contribution in [3.8, 4) is 5.75 Å². The summed E-state index contributed by atoms with van der Waals surface area (Å²) in [6.07, 6.45) is -0.864. The van der Waals surface area contributed by atoms with Gasteiger partial charge in [0.25, 0.3) is 0 Å². The van der Waals surface area contributed by atoms with Crippen LogP contribution < -0.4 is 10.1 Å². The molecular formula is C12H13NO4. The molecule has 1 saturated heterocycles. The molecule has 0 spiro atoms. The van der Waals surface area contributed by atoms with Gasteiger partial charge in [0, 0.05) is 0 Å². The molecule has 1 aromatic rings. The molecule has 1 aliphatic rings. The topological polar surface area (TPSA) is 75.6 Å². The van der Waals surface area contributed by atoms with Crippen molar-refractivity contribution in [3.63, 3.8) is 0 Å². The average Bonchev–Trinajstić information content (AvgIpc) is 2.26. The highest BCUT2D eigenvalue weighted by Crippen LogP contribution is 2.21. The number of hydrogen-bond acceptors (Lipinski definition) is 4. The van der Waals surface area contributed by atoms with E-state index in [-0.39, 0.29) is 5.91 Å². The summed E-state index contributed by atoms with van der Waals surface area (Å²) in [4.78, 5) is 22.9. The summed E-state index contributed by atoms with van der Waals surface area (Å²) < 4.78 is 5.08. The highest BCUT2D eigenvalue weighted by Gasteiger charge is 2.47. The largest absolute Gasteiger partial charge is 0.425 e. The van der Waals surface area contributed by atoms with Gasteiger partial charge in [-0.3, -0.25) is 4.79 Å². The molecule has 0 bridgehead atoms. The molecule has 1 aliphatic heterocycles. The van der Waals surface area contributed by atoms with Crippen LogP contribution in [-0.4, -0.2) is 29.1 Å². The lowest BCUT2D eigenvalue weighted by atomic mass is 9.86. The summed E-state index contributed by atoms with van der Waals surface area (Å²) in [5.74, 6) is -1.18. The Bertz CT molecular complexity index is 429. The number of rotatable bonds is 3. The maximum atomic E-state index is 11.7. The van der Waals surface area contributed by atoms with Crippen LogP contribution in [0.1, 0.15) is 6.92 Å². The Morgan fingerprint density at radius 2 is 2.06 bits per heavy atom. The lowest BCUT2D eigenvalue weighted by Crippen LogP contribution is -2.66. The SMILES string of the molecule is C[C@@H](O)[C@H]1C(=O)N[C@@H]1C(=O)Oc1ccccc1. The average molecular weight is 235 g/mol. The second-order valence-electron chi connectivity index (χ2n) is 3.99. The predicted molar refractivity (Wildman–Crippen MR) is 59.2 cm³/mol. The number of β-lactam (4-membered cyclic amide) rings is 1. The summed E-state index contributed by atoms with van der Waals surface area (Å²) in [5.41, 5.74) is 0. The summed E-state index contributed by atoms with van der Waals surface area (Å²) in [6, 6.07) is 7.83. The highest BCUT2D eigenvalue weighted by molar-refractivity contribution is 5.98. The number of aliphatic hydroxyl groups excluding tert-OH is 1. The van der Waals surface area contributed by atoms with Crippen molar-refractivity contribution in [2.24, 2.45) is 5.92 Å². The van der Waals surface area contributed by atoms with Crippen molar-refractivity contribution < 1.29 is 19.4 Å². The zero-order chi connectivity index (χ0) is 12.4. The molecule has 1 amide bonds. The maximum Gasteiger partial charge on any atom is 0.334 e. The van der Waals surface area contributed by atoms with E-state index in [1.54, 1.807) is 30.3 Å². The van der Waals surface area contributed by atoms with E-state index in [0.717, 1.165) is 0 Å². The number of esters is 1. The van der Waals surface area contributed by atoms with Crippen LogP contribution in [0.5, 0.6) is 5.75 Å². The van der Waals surface area contributed by atoms with E-state index in [9.17, 15) is 14.7 Å². The number of carbonyl (C=O) groups excluding carboxylic acids is 2. The Morgan fingerprint density at radius 1 is 1.41 bits per heavy atom. The zero-order valence-electron chi connectivity index (χ0n) is 9.29. The van der Waals surface area contributed by atoms with Crippen molar-refractivity contribution in [3.05, 3.63) is 30.3 Å². The Morgan fingerprint density at radius 3 is 2.59 bits per heavy atom.